The van der Waals surface area contributed by atoms with Gasteiger partial charge in [-0.1, -0.05) is 27.7 Å². The summed E-state index contributed by atoms with van der Waals surface area (Å²) in [7, 11) is 0. The number of carbonyl (C=O) groups is 1. The maximum Gasteiger partial charge on any atom is 0.277 e. The van der Waals surface area contributed by atoms with Gasteiger partial charge in [0.25, 0.3) is 5.69 Å². The van der Waals surface area contributed by atoms with Crippen LogP contribution in [0.5, 0.6) is 0 Å². The molecule has 1 aliphatic rings. The van der Waals surface area contributed by atoms with Gasteiger partial charge in [-0.15, -0.1) is 0 Å². The van der Waals surface area contributed by atoms with E-state index in [2.05, 4.69) is 17.1 Å². The summed E-state index contributed by atoms with van der Waals surface area (Å²) in [6.07, 6.45) is 0.775. The monoisotopic (exact) mass is 379 g/mol. The van der Waals surface area contributed by atoms with Crippen molar-refractivity contribution in [2.24, 2.45) is 5.41 Å². The van der Waals surface area contributed by atoms with Crippen LogP contribution in [0.25, 0.3) is 0 Å². The quantitative estimate of drug-likeness (QED) is 0.453. The number of carbonyl (C=O) groups excluding carboxylic acids is 1. The number of rotatable bonds is 6. The molecule has 6 nitrogen and oxygen atoms in total. The van der Waals surface area contributed by atoms with Crippen molar-refractivity contribution in [1.82, 2.24) is 0 Å². The number of nitro groups is 1. The lowest BCUT2D eigenvalue weighted by Crippen LogP contribution is -2.30. The van der Waals surface area contributed by atoms with Gasteiger partial charge < -0.3 is 10.2 Å². The van der Waals surface area contributed by atoms with Gasteiger partial charge >= 0.3 is 0 Å². The van der Waals surface area contributed by atoms with Crippen molar-refractivity contribution in [2.45, 2.75) is 48.0 Å². The molecule has 0 saturated carbocycles. The minimum absolute atomic E-state index is 0.123. The van der Waals surface area contributed by atoms with E-state index >= 15 is 0 Å². The summed E-state index contributed by atoms with van der Waals surface area (Å²) in [6.45, 7) is 12.9. The molecule has 0 aromatic heterocycles. The minimum atomic E-state index is -0.569. The van der Waals surface area contributed by atoms with Gasteiger partial charge in [-0.25, -0.2) is 0 Å². The topological polar surface area (TPSA) is 75.5 Å². The van der Waals surface area contributed by atoms with Crippen molar-refractivity contribution < 1.29 is 9.72 Å². The number of amides is 1. The third kappa shape index (κ3) is 3.98. The highest BCUT2D eigenvalue weighted by Gasteiger charge is 2.34. The van der Waals surface area contributed by atoms with Crippen LogP contribution in [0.15, 0.2) is 0 Å². The zero-order chi connectivity index (χ0) is 19.6. The van der Waals surface area contributed by atoms with E-state index in [0.29, 0.717) is 11.3 Å². The largest absolute Gasteiger partial charge is 0.368 e. The molecule has 0 fully saturated rings. The van der Waals surface area contributed by atoms with Crippen LogP contribution in [0.3, 0.4) is 0 Å². The summed E-state index contributed by atoms with van der Waals surface area (Å²) < 4.78 is 0. The Labute approximate surface area is 159 Å². The molecule has 0 aliphatic carbocycles. The first-order valence-electron chi connectivity index (χ1n) is 9.04. The summed E-state index contributed by atoms with van der Waals surface area (Å²) in [4.78, 5) is 26.2. The number of nitro benzene ring substituents is 1. The summed E-state index contributed by atoms with van der Waals surface area (Å²) in [6, 6.07) is 0. The van der Waals surface area contributed by atoms with Crippen LogP contribution < -0.4 is 10.2 Å². The standard InChI is InChI=1S/C19H29N3O3S/c1-7-26-11-10-21-9-8-14-12(2)16(22(24)25)13(3)15(17(14)21)20-18(23)19(4,5)6/h7-11H2,1-6H3,(H,20,23). The molecular weight excluding hydrogens is 350 g/mol. The van der Waals surface area contributed by atoms with E-state index in [9.17, 15) is 14.9 Å². The molecule has 1 aromatic carbocycles. The first kappa shape index (κ1) is 20.6. The van der Waals surface area contributed by atoms with Gasteiger partial charge in [0.2, 0.25) is 5.91 Å². The Morgan fingerprint density at radius 3 is 2.50 bits per heavy atom. The molecule has 0 unspecified atom stereocenters. The molecule has 1 heterocycles. The second kappa shape index (κ2) is 7.86. The number of nitrogens with zero attached hydrogens (tertiary/aromatic N) is 2. The fourth-order valence-corrected chi connectivity index (χ4v) is 3.97. The summed E-state index contributed by atoms with van der Waals surface area (Å²) in [5.74, 6) is 1.93. The first-order valence-corrected chi connectivity index (χ1v) is 10.2. The molecule has 26 heavy (non-hydrogen) atoms. The van der Waals surface area contributed by atoms with E-state index in [4.69, 9.17) is 0 Å². The summed E-state index contributed by atoms with van der Waals surface area (Å²) in [5, 5.41) is 14.6. The molecule has 144 valence electrons. The Kier molecular flexibility index (Phi) is 6.21. The molecule has 7 heteroatoms. The van der Waals surface area contributed by atoms with Crippen LogP contribution >= 0.6 is 11.8 Å². The van der Waals surface area contributed by atoms with E-state index in [-0.39, 0.29) is 16.5 Å². The van der Waals surface area contributed by atoms with E-state index in [0.717, 1.165) is 47.8 Å². The zero-order valence-corrected chi connectivity index (χ0v) is 17.4. The van der Waals surface area contributed by atoms with Crippen molar-refractivity contribution in [3.05, 3.63) is 26.8 Å². The van der Waals surface area contributed by atoms with Crippen LogP contribution in [-0.2, 0) is 11.2 Å². The van der Waals surface area contributed by atoms with E-state index < -0.39 is 5.41 Å². The molecule has 2 rings (SSSR count). The smallest absolute Gasteiger partial charge is 0.277 e. The Balaban J connectivity index is 2.56. The molecule has 0 saturated heterocycles. The third-order valence-corrected chi connectivity index (χ3v) is 5.70. The number of hydrogen-bond donors (Lipinski definition) is 1. The Morgan fingerprint density at radius 1 is 1.31 bits per heavy atom. The van der Waals surface area contributed by atoms with Crippen molar-refractivity contribution in [1.29, 1.82) is 0 Å². The number of benzene rings is 1. The molecule has 1 aliphatic heterocycles. The average Bonchev–Trinajstić information content (AvgIpc) is 2.94. The second-order valence-corrected chi connectivity index (χ2v) is 9.09. The third-order valence-electron chi connectivity index (χ3n) is 4.82. The maximum atomic E-state index is 12.6. The second-order valence-electron chi connectivity index (χ2n) is 7.70. The Morgan fingerprint density at radius 2 is 1.96 bits per heavy atom. The van der Waals surface area contributed by atoms with Gasteiger partial charge in [0.15, 0.2) is 0 Å². The lowest BCUT2D eigenvalue weighted by atomic mass is 9.93. The highest BCUT2D eigenvalue weighted by atomic mass is 32.2. The summed E-state index contributed by atoms with van der Waals surface area (Å²) >= 11 is 1.87. The van der Waals surface area contributed by atoms with Gasteiger partial charge in [-0.2, -0.15) is 11.8 Å². The van der Waals surface area contributed by atoms with Gasteiger partial charge in [0.1, 0.15) is 0 Å². The minimum Gasteiger partial charge on any atom is -0.368 e. The van der Waals surface area contributed by atoms with Crippen LogP contribution in [0.2, 0.25) is 0 Å². The lowest BCUT2D eigenvalue weighted by Gasteiger charge is -2.26. The zero-order valence-electron chi connectivity index (χ0n) is 16.6. The van der Waals surface area contributed by atoms with Crippen molar-refractivity contribution in [2.75, 3.05) is 34.8 Å². The van der Waals surface area contributed by atoms with Crippen LogP contribution in [0.1, 0.15) is 44.4 Å². The van der Waals surface area contributed by atoms with Gasteiger partial charge in [0, 0.05) is 29.8 Å². The van der Waals surface area contributed by atoms with E-state index in [1.54, 1.807) is 6.92 Å². The lowest BCUT2D eigenvalue weighted by molar-refractivity contribution is -0.386. The highest BCUT2D eigenvalue weighted by molar-refractivity contribution is 7.99. The highest BCUT2D eigenvalue weighted by Crippen LogP contribution is 2.45. The Hall–Kier alpha value is -1.76. The first-order chi connectivity index (χ1) is 12.1. The number of anilines is 2. The molecule has 1 aromatic rings. The molecule has 1 N–H and O–H groups in total. The number of thioether (sulfide) groups is 1. The SMILES string of the molecule is CCSCCN1CCc2c(C)c([N+](=O)[O-])c(C)c(NC(=O)C(C)(C)C)c21. The average molecular weight is 380 g/mol. The normalized spacial score (nSPS) is 13.7. The summed E-state index contributed by atoms with van der Waals surface area (Å²) in [5.41, 5.74) is 3.39. The molecule has 0 spiro atoms. The molecule has 0 radical (unpaired) electrons. The Bertz CT molecular complexity index is 726. The van der Waals surface area contributed by atoms with Crippen LogP contribution in [-0.4, -0.2) is 35.4 Å². The fourth-order valence-electron chi connectivity index (χ4n) is 3.33. The number of fused-ring (bicyclic) bond motifs is 1. The molecular formula is C19H29N3O3S. The van der Waals surface area contributed by atoms with Crippen LogP contribution in [0.4, 0.5) is 17.1 Å². The molecule has 0 atom stereocenters. The van der Waals surface area contributed by atoms with Gasteiger partial charge in [0.05, 0.1) is 21.9 Å². The predicted molar refractivity (Wildman–Crippen MR) is 110 cm³/mol. The predicted octanol–water partition coefficient (Wildman–Crippen LogP) is 4.31. The number of hydrogen-bond acceptors (Lipinski definition) is 5. The van der Waals surface area contributed by atoms with Crippen molar-refractivity contribution >= 4 is 34.7 Å². The van der Waals surface area contributed by atoms with Crippen molar-refractivity contribution in [3.8, 4) is 0 Å². The van der Waals surface area contributed by atoms with Gasteiger partial charge in [-0.3, -0.25) is 14.9 Å². The van der Waals surface area contributed by atoms with Crippen molar-refractivity contribution in [3.63, 3.8) is 0 Å². The van der Waals surface area contributed by atoms with E-state index in [1.165, 1.54) is 0 Å². The molecule has 1 amide bonds. The van der Waals surface area contributed by atoms with E-state index in [1.807, 2.05) is 39.5 Å². The molecule has 0 bridgehead atoms. The number of nitrogens with one attached hydrogen (secondary N) is 1. The fraction of sp³-hybridized carbons (Fsp3) is 0.632. The van der Waals surface area contributed by atoms with Gasteiger partial charge in [-0.05, 0) is 31.6 Å². The van der Waals surface area contributed by atoms with Crippen LogP contribution in [0, 0.1) is 29.4 Å². The maximum absolute atomic E-state index is 12.6.